The molecule has 3 rings (SSSR count). The Morgan fingerprint density at radius 2 is 2.07 bits per heavy atom. The number of morpholine rings is 1. The quantitative estimate of drug-likeness (QED) is 0.762. The van der Waals surface area contributed by atoms with Crippen molar-refractivity contribution in [2.75, 3.05) is 39.5 Å². The predicted molar refractivity (Wildman–Crippen MR) is 99.4 cm³/mol. The number of carbonyl (C=O) groups is 3. The molecule has 0 bridgehead atoms. The smallest absolute Gasteiger partial charge is 0.294 e. The molecule has 0 unspecified atom stereocenters. The number of imide groups is 1. The molecule has 2 aliphatic rings. The van der Waals surface area contributed by atoms with Crippen LogP contribution in [-0.4, -0.2) is 71.4 Å². The van der Waals surface area contributed by atoms with Crippen LogP contribution in [0.4, 0.5) is 4.79 Å². The molecule has 2 heterocycles. The van der Waals surface area contributed by atoms with Gasteiger partial charge >= 0.3 is 0 Å². The van der Waals surface area contributed by atoms with Gasteiger partial charge in [-0.1, -0.05) is 0 Å². The molecule has 0 atom stereocenters. The largest absolute Gasteiger partial charge is 0.507 e. The molecule has 1 aromatic carbocycles. The van der Waals surface area contributed by atoms with Crippen LogP contribution in [0.25, 0.3) is 6.08 Å². The topological polar surface area (TPSA) is 96.4 Å². The van der Waals surface area contributed by atoms with Crippen LogP contribution in [0.1, 0.15) is 12.5 Å². The van der Waals surface area contributed by atoms with E-state index in [9.17, 15) is 19.5 Å². The highest BCUT2D eigenvalue weighted by Crippen LogP contribution is 2.34. The fraction of sp³-hybridized carbons (Fsp3) is 0.389. The SMILES string of the molecule is CCOc1ccc(O)c(/C=C2\SC(=O)N(CC(=O)N3CCOCC3)C2=O)c1. The van der Waals surface area contributed by atoms with Gasteiger partial charge in [-0.15, -0.1) is 0 Å². The molecule has 0 radical (unpaired) electrons. The zero-order chi connectivity index (χ0) is 19.4. The summed E-state index contributed by atoms with van der Waals surface area (Å²) in [5.41, 5.74) is 0.367. The normalized spacial score (nSPS) is 19.1. The van der Waals surface area contributed by atoms with Crippen LogP contribution in [0.2, 0.25) is 0 Å². The van der Waals surface area contributed by atoms with Gasteiger partial charge in [-0.25, -0.2) is 0 Å². The molecule has 0 spiro atoms. The number of phenolic OH excluding ortho intramolecular Hbond substituents is 1. The van der Waals surface area contributed by atoms with Gasteiger partial charge in [-0.05, 0) is 43.0 Å². The summed E-state index contributed by atoms with van der Waals surface area (Å²) in [6, 6.07) is 4.66. The zero-order valence-electron chi connectivity index (χ0n) is 14.8. The fourth-order valence-corrected chi connectivity index (χ4v) is 3.56. The average Bonchev–Trinajstić information content (AvgIpc) is 2.93. The minimum atomic E-state index is -0.548. The van der Waals surface area contributed by atoms with E-state index in [2.05, 4.69) is 0 Å². The lowest BCUT2D eigenvalue weighted by molar-refractivity contribution is -0.139. The summed E-state index contributed by atoms with van der Waals surface area (Å²) in [5, 5.41) is 9.50. The lowest BCUT2D eigenvalue weighted by atomic mass is 10.1. The summed E-state index contributed by atoms with van der Waals surface area (Å²) in [4.78, 5) is 39.7. The molecule has 144 valence electrons. The van der Waals surface area contributed by atoms with Gasteiger partial charge in [-0.2, -0.15) is 0 Å². The van der Waals surface area contributed by atoms with Crippen molar-refractivity contribution in [1.82, 2.24) is 9.80 Å². The first-order chi connectivity index (χ1) is 13.0. The molecular formula is C18H20N2O6S. The Hall–Kier alpha value is -2.52. The second kappa shape index (κ2) is 8.45. The van der Waals surface area contributed by atoms with E-state index in [-0.39, 0.29) is 23.1 Å². The van der Waals surface area contributed by atoms with Gasteiger partial charge in [0.25, 0.3) is 11.1 Å². The van der Waals surface area contributed by atoms with Crippen molar-refractivity contribution in [2.24, 2.45) is 0 Å². The van der Waals surface area contributed by atoms with E-state index in [4.69, 9.17) is 9.47 Å². The number of thioether (sulfide) groups is 1. The van der Waals surface area contributed by atoms with Crippen molar-refractivity contribution in [2.45, 2.75) is 6.92 Å². The lowest BCUT2D eigenvalue weighted by Crippen LogP contribution is -2.46. The molecule has 2 aliphatic heterocycles. The van der Waals surface area contributed by atoms with Gasteiger partial charge in [0, 0.05) is 18.7 Å². The number of nitrogens with zero attached hydrogens (tertiary/aromatic N) is 2. The fourth-order valence-electron chi connectivity index (χ4n) is 2.73. The molecule has 2 saturated heterocycles. The van der Waals surface area contributed by atoms with Gasteiger partial charge in [0.05, 0.1) is 24.7 Å². The van der Waals surface area contributed by atoms with Crippen LogP contribution in [0.15, 0.2) is 23.1 Å². The van der Waals surface area contributed by atoms with Gasteiger partial charge < -0.3 is 19.5 Å². The zero-order valence-corrected chi connectivity index (χ0v) is 15.7. The molecule has 0 aliphatic carbocycles. The van der Waals surface area contributed by atoms with E-state index in [1.807, 2.05) is 6.92 Å². The number of rotatable bonds is 5. The van der Waals surface area contributed by atoms with E-state index >= 15 is 0 Å². The Balaban J connectivity index is 1.74. The summed E-state index contributed by atoms with van der Waals surface area (Å²) >= 11 is 0.744. The Labute approximate surface area is 160 Å². The molecular weight excluding hydrogens is 372 g/mol. The first-order valence-electron chi connectivity index (χ1n) is 8.56. The third-order valence-electron chi connectivity index (χ3n) is 4.13. The summed E-state index contributed by atoms with van der Waals surface area (Å²) in [6.45, 7) is 3.79. The molecule has 0 saturated carbocycles. The Kier molecular flexibility index (Phi) is 6.02. The number of hydrogen-bond donors (Lipinski definition) is 1. The van der Waals surface area contributed by atoms with Crippen LogP contribution in [-0.2, 0) is 14.3 Å². The van der Waals surface area contributed by atoms with Crippen molar-refractivity contribution in [1.29, 1.82) is 0 Å². The van der Waals surface area contributed by atoms with E-state index in [1.54, 1.807) is 17.0 Å². The van der Waals surface area contributed by atoms with Crippen LogP contribution in [0, 0.1) is 0 Å². The van der Waals surface area contributed by atoms with E-state index in [1.165, 1.54) is 12.1 Å². The summed E-state index contributed by atoms with van der Waals surface area (Å²) in [7, 11) is 0. The number of aromatic hydroxyl groups is 1. The first kappa shape index (κ1) is 19.2. The van der Waals surface area contributed by atoms with E-state index < -0.39 is 11.1 Å². The Morgan fingerprint density at radius 1 is 1.33 bits per heavy atom. The highest BCUT2D eigenvalue weighted by molar-refractivity contribution is 8.18. The maximum Gasteiger partial charge on any atom is 0.294 e. The first-order valence-corrected chi connectivity index (χ1v) is 9.38. The van der Waals surface area contributed by atoms with Gasteiger partial charge in [0.15, 0.2) is 0 Å². The van der Waals surface area contributed by atoms with E-state index in [0.29, 0.717) is 44.2 Å². The van der Waals surface area contributed by atoms with Gasteiger partial charge in [-0.3, -0.25) is 19.3 Å². The van der Waals surface area contributed by atoms with Crippen LogP contribution < -0.4 is 4.74 Å². The van der Waals surface area contributed by atoms with Crippen LogP contribution >= 0.6 is 11.8 Å². The Bertz CT molecular complexity index is 788. The number of ether oxygens (including phenoxy) is 2. The second-order valence-electron chi connectivity index (χ2n) is 5.91. The van der Waals surface area contributed by atoms with Crippen molar-refractivity contribution < 1.29 is 29.0 Å². The lowest BCUT2D eigenvalue weighted by Gasteiger charge is -2.28. The maximum absolute atomic E-state index is 12.6. The molecule has 9 heteroatoms. The van der Waals surface area contributed by atoms with Gasteiger partial charge in [0.1, 0.15) is 18.0 Å². The highest BCUT2D eigenvalue weighted by Gasteiger charge is 2.37. The summed E-state index contributed by atoms with van der Waals surface area (Å²) in [5.74, 6) is -0.325. The molecule has 1 N–H and O–H groups in total. The van der Waals surface area contributed by atoms with E-state index in [0.717, 1.165) is 16.7 Å². The Morgan fingerprint density at radius 3 is 2.78 bits per heavy atom. The maximum atomic E-state index is 12.6. The van der Waals surface area contributed by atoms with Crippen molar-refractivity contribution in [3.8, 4) is 11.5 Å². The minimum Gasteiger partial charge on any atom is -0.507 e. The number of phenols is 1. The van der Waals surface area contributed by atoms with Crippen molar-refractivity contribution >= 4 is 34.9 Å². The van der Waals surface area contributed by atoms with Crippen LogP contribution in [0.3, 0.4) is 0 Å². The number of benzene rings is 1. The molecule has 1 aromatic rings. The van der Waals surface area contributed by atoms with Gasteiger partial charge in [0.2, 0.25) is 5.91 Å². The standard InChI is InChI=1S/C18H20N2O6S/c1-2-26-13-3-4-14(21)12(9-13)10-15-17(23)20(18(24)27-15)11-16(22)19-5-7-25-8-6-19/h3-4,9-10,21H,2,5-8,11H2,1H3/b15-10-. The molecule has 8 nitrogen and oxygen atoms in total. The molecule has 2 fully saturated rings. The van der Waals surface area contributed by atoms with Crippen molar-refractivity contribution in [3.05, 3.63) is 28.7 Å². The second-order valence-corrected chi connectivity index (χ2v) is 6.91. The summed E-state index contributed by atoms with van der Waals surface area (Å²) in [6.07, 6.45) is 1.43. The summed E-state index contributed by atoms with van der Waals surface area (Å²) < 4.78 is 10.6. The third-order valence-corrected chi connectivity index (χ3v) is 5.03. The van der Waals surface area contributed by atoms with Crippen LogP contribution in [0.5, 0.6) is 11.5 Å². The minimum absolute atomic E-state index is 0.0327. The molecule has 0 aromatic heterocycles. The highest BCUT2D eigenvalue weighted by atomic mass is 32.2. The number of hydrogen-bond acceptors (Lipinski definition) is 7. The monoisotopic (exact) mass is 392 g/mol. The predicted octanol–water partition coefficient (Wildman–Crippen LogP) is 1.69. The number of carbonyl (C=O) groups excluding carboxylic acids is 3. The third kappa shape index (κ3) is 4.42. The number of amides is 3. The molecule has 3 amide bonds. The molecule has 27 heavy (non-hydrogen) atoms. The van der Waals surface area contributed by atoms with Crippen molar-refractivity contribution in [3.63, 3.8) is 0 Å². The average molecular weight is 392 g/mol.